The predicted molar refractivity (Wildman–Crippen MR) is 106 cm³/mol. The number of nitrogens with zero attached hydrogens (tertiary/aromatic N) is 2. The van der Waals surface area contributed by atoms with E-state index in [1.807, 2.05) is 37.3 Å². The Morgan fingerprint density at radius 3 is 2.52 bits per heavy atom. The summed E-state index contributed by atoms with van der Waals surface area (Å²) in [6.45, 7) is 6.23. The van der Waals surface area contributed by atoms with Gasteiger partial charge in [-0.15, -0.1) is 11.3 Å². The number of carbonyl (C=O) groups excluding carboxylic acids is 2. The highest BCUT2D eigenvalue weighted by molar-refractivity contribution is 7.14. The maximum atomic E-state index is 13.3. The fourth-order valence-corrected chi connectivity index (χ4v) is 4.37. The van der Waals surface area contributed by atoms with Gasteiger partial charge in [-0.2, -0.15) is 0 Å². The highest BCUT2D eigenvalue weighted by Gasteiger charge is 2.44. The van der Waals surface area contributed by atoms with E-state index < -0.39 is 17.7 Å². The summed E-state index contributed by atoms with van der Waals surface area (Å²) in [7, 11) is 0. The van der Waals surface area contributed by atoms with Crippen molar-refractivity contribution in [2.24, 2.45) is 0 Å². The Hall–Kier alpha value is -2.47. The fourth-order valence-electron chi connectivity index (χ4n) is 3.49. The molecule has 1 aromatic heterocycles. The van der Waals surface area contributed by atoms with Crippen LogP contribution in [0.25, 0.3) is 0 Å². The van der Waals surface area contributed by atoms with E-state index in [2.05, 4.69) is 11.9 Å². The van der Waals surface area contributed by atoms with Gasteiger partial charge < -0.3 is 10.0 Å². The molecular formula is C21H24N2O3S. The number of hydrogen-bond acceptors (Lipinski definition) is 5. The molecule has 0 spiro atoms. The van der Waals surface area contributed by atoms with Gasteiger partial charge in [0.25, 0.3) is 5.91 Å². The van der Waals surface area contributed by atoms with Crippen LogP contribution in [0.5, 0.6) is 0 Å². The van der Waals surface area contributed by atoms with Crippen molar-refractivity contribution in [2.75, 3.05) is 6.54 Å². The number of hydrogen-bond donors (Lipinski definition) is 1. The fraction of sp³-hybridized carbons (Fsp3) is 0.381. The van der Waals surface area contributed by atoms with E-state index >= 15 is 0 Å². The van der Waals surface area contributed by atoms with Crippen LogP contribution in [-0.4, -0.2) is 33.2 Å². The van der Waals surface area contributed by atoms with Gasteiger partial charge in [-0.25, -0.2) is 4.98 Å². The Labute approximate surface area is 163 Å². The summed E-state index contributed by atoms with van der Waals surface area (Å²) in [6, 6.07) is 8.87. The zero-order chi connectivity index (χ0) is 19.6. The SMILES string of the molecule is CCCCCN1C(=O)C(O)=C(C(=O)c2sc(C)nc2C)C1c1ccccc1. The molecule has 6 heteroatoms. The Balaban J connectivity index is 2.04. The molecule has 1 atom stereocenters. The number of thiazole rings is 1. The predicted octanol–water partition coefficient (Wildman–Crippen LogP) is 4.53. The van der Waals surface area contributed by atoms with Gasteiger partial charge in [-0.1, -0.05) is 50.1 Å². The van der Waals surface area contributed by atoms with Gasteiger partial charge in [-0.3, -0.25) is 9.59 Å². The molecule has 2 aromatic rings. The van der Waals surface area contributed by atoms with Gasteiger partial charge in [0.1, 0.15) is 0 Å². The number of aromatic nitrogens is 1. The maximum Gasteiger partial charge on any atom is 0.290 e. The normalized spacial score (nSPS) is 17.1. The maximum absolute atomic E-state index is 13.3. The minimum atomic E-state index is -0.565. The molecule has 5 nitrogen and oxygen atoms in total. The average Bonchev–Trinajstić information content (AvgIpc) is 3.12. The number of ketones is 1. The number of rotatable bonds is 7. The largest absolute Gasteiger partial charge is 0.503 e. The highest BCUT2D eigenvalue weighted by atomic mass is 32.1. The molecule has 0 bridgehead atoms. The van der Waals surface area contributed by atoms with Crippen LogP contribution in [0, 0.1) is 13.8 Å². The van der Waals surface area contributed by atoms with Gasteiger partial charge in [0.2, 0.25) is 5.78 Å². The third-order valence-corrected chi connectivity index (χ3v) is 5.85. The minimum Gasteiger partial charge on any atom is -0.503 e. The summed E-state index contributed by atoms with van der Waals surface area (Å²) >= 11 is 1.30. The van der Waals surface area contributed by atoms with Gasteiger partial charge in [0.05, 0.1) is 27.2 Å². The molecule has 3 rings (SSSR count). The molecule has 0 saturated carbocycles. The highest BCUT2D eigenvalue weighted by Crippen LogP contribution is 2.40. The van der Waals surface area contributed by atoms with E-state index in [-0.39, 0.29) is 11.4 Å². The van der Waals surface area contributed by atoms with E-state index in [0.29, 0.717) is 17.1 Å². The number of Topliss-reactive ketones (excluding diaryl/α,β-unsaturated/α-hetero) is 1. The molecule has 0 radical (unpaired) electrons. The van der Waals surface area contributed by atoms with Crippen molar-refractivity contribution in [2.45, 2.75) is 46.1 Å². The van der Waals surface area contributed by atoms with Crippen LogP contribution in [-0.2, 0) is 4.79 Å². The number of amides is 1. The topological polar surface area (TPSA) is 70.5 Å². The number of aliphatic hydroxyl groups excluding tert-OH is 1. The summed E-state index contributed by atoms with van der Waals surface area (Å²) in [5.74, 6) is -1.21. The van der Waals surface area contributed by atoms with E-state index in [4.69, 9.17) is 0 Å². The van der Waals surface area contributed by atoms with Gasteiger partial charge >= 0.3 is 0 Å². The lowest BCUT2D eigenvalue weighted by Crippen LogP contribution is -2.32. The average molecular weight is 385 g/mol. The Morgan fingerprint density at radius 2 is 1.93 bits per heavy atom. The van der Waals surface area contributed by atoms with Gasteiger partial charge in [-0.05, 0) is 25.8 Å². The molecule has 1 aliphatic heterocycles. The van der Waals surface area contributed by atoms with Crippen molar-refractivity contribution in [1.29, 1.82) is 0 Å². The van der Waals surface area contributed by atoms with Crippen molar-refractivity contribution in [3.8, 4) is 0 Å². The van der Waals surface area contributed by atoms with Crippen LogP contribution in [0.2, 0.25) is 0 Å². The number of aryl methyl sites for hydroxylation is 2. The zero-order valence-electron chi connectivity index (χ0n) is 15.9. The molecule has 27 heavy (non-hydrogen) atoms. The molecular weight excluding hydrogens is 360 g/mol. The van der Waals surface area contributed by atoms with Crippen molar-refractivity contribution >= 4 is 23.0 Å². The molecule has 0 saturated heterocycles. The lowest BCUT2D eigenvalue weighted by atomic mass is 9.95. The molecule has 142 valence electrons. The first-order chi connectivity index (χ1) is 13.0. The monoisotopic (exact) mass is 384 g/mol. The second kappa shape index (κ2) is 8.05. The number of unbranched alkanes of at least 4 members (excludes halogenated alkanes) is 2. The molecule has 2 heterocycles. The molecule has 1 N–H and O–H groups in total. The quantitative estimate of drug-likeness (QED) is 0.562. The molecule has 0 aliphatic carbocycles. The van der Waals surface area contributed by atoms with E-state index in [0.717, 1.165) is 29.8 Å². The van der Waals surface area contributed by atoms with Gasteiger partial charge in [0.15, 0.2) is 5.76 Å². The third kappa shape index (κ3) is 3.67. The minimum absolute atomic E-state index is 0.162. The zero-order valence-corrected chi connectivity index (χ0v) is 16.7. The van der Waals surface area contributed by atoms with Crippen LogP contribution in [0.1, 0.15) is 58.2 Å². The molecule has 0 fully saturated rings. The van der Waals surface area contributed by atoms with Crippen molar-refractivity contribution < 1.29 is 14.7 Å². The van der Waals surface area contributed by atoms with Crippen LogP contribution in [0.15, 0.2) is 41.7 Å². The summed E-state index contributed by atoms with van der Waals surface area (Å²) in [6.07, 6.45) is 2.85. The standard InChI is InChI=1S/C21H24N2O3S/c1-4-5-9-12-23-17(15-10-7-6-8-11-15)16(19(25)21(23)26)18(24)20-13(2)22-14(3)27-20/h6-8,10-11,17,25H,4-5,9,12H2,1-3H3. The smallest absolute Gasteiger partial charge is 0.290 e. The van der Waals surface area contributed by atoms with E-state index in [9.17, 15) is 14.7 Å². The van der Waals surface area contributed by atoms with Crippen LogP contribution in [0.3, 0.4) is 0 Å². The van der Waals surface area contributed by atoms with Crippen molar-refractivity contribution in [3.05, 3.63) is 62.8 Å². The van der Waals surface area contributed by atoms with Crippen LogP contribution < -0.4 is 0 Å². The van der Waals surface area contributed by atoms with E-state index in [1.165, 1.54) is 11.3 Å². The van der Waals surface area contributed by atoms with Crippen molar-refractivity contribution in [3.63, 3.8) is 0 Å². The molecule has 1 unspecified atom stereocenters. The van der Waals surface area contributed by atoms with E-state index in [1.54, 1.807) is 11.8 Å². The molecule has 1 aliphatic rings. The second-order valence-corrected chi connectivity index (χ2v) is 7.96. The van der Waals surface area contributed by atoms with Crippen molar-refractivity contribution in [1.82, 2.24) is 9.88 Å². The number of carbonyl (C=O) groups is 2. The first-order valence-electron chi connectivity index (χ1n) is 9.23. The van der Waals surface area contributed by atoms with Crippen LogP contribution in [0.4, 0.5) is 0 Å². The summed E-state index contributed by atoms with van der Waals surface area (Å²) in [5.41, 5.74) is 1.62. The molecule has 1 amide bonds. The Bertz CT molecular complexity index is 886. The lowest BCUT2D eigenvalue weighted by molar-refractivity contribution is -0.129. The Kier molecular flexibility index (Phi) is 5.75. The third-order valence-electron chi connectivity index (χ3n) is 4.78. The summed E-state index contributed by atoms with van der Waals surface area (Å²) < 4.78 is 0. The Morgan fingerprint density at radius 1 is 1.22 bits per heavy atom. The number of aliphatic hydroxyl groups is 1. The number of benzene rings is 1. The summed E-state index contributed by atoms with van der Waals surface area (Å²) in [4.78, 5) is 32.5. The first-order valence-corrected chi connectivity index (χ1v) is 10.0. The molecule has 1 aromatic carbocycles. The van der Waals surface area contributed by atoms with Crippen LogP contribution >= 0.6 is 11.3 Å². The van der Waals surface area contributed by atoms with Gasteiger partial charge in [0, 0.05) is 6.54 Å². The first kappa shape index (κ1) is 19.3. The lowest BCUT2D eigenvalue weighted by Gasteiger charge is -2.26. The summed E-state index contributed by atoms with van der Waals surface area (Å²) in [5, 5.41) is 11.4. The second-order valence-electron chi connectivity index (χ2n) is 6.76.